The van der Waals surface area contributed by atoms with Crippen molar-refractivity contribution in [1.29, 1.82) is 0 Å². The summed E-state index contributed by atoms with van der Waals surface area (Å²) in [6, 6.07) is 1.81. The van der Waals surface area contributed by atoms with Gasteiger partial charge in [0, 0.05) is 11.9 Å². The summed E-state index contributed by atoms with van der Waals surface area (Å²) in [6.45, 7) is 4.06. The third-order valence-corrected chi connectivity index (χ3v) is 2.35. The maximum atomic E-state index is 11.8. The normalized spacial score (nSPS) is 10.4. The molecule has 2 aromatic heterocycles. The Morgan fingerprint density at radius 3 is 2.81 bits per heavy atom. The fourth-order valence-electron chi connectivity index (χ4n) is 1.53. The van der Waals surface area contributed by atoms with E-state index in [-0.39, 0.29) is 5.91 Å². The molecule has 3 N–H and O–H groups in total. The highest BCUT2D eigenvalue weighted by atomic mass is 16.1. The molecule has 84 valence electrons. The number of aromatic nitrogens is 4. The molecule has 0 fully saturated rings. The Kier molecular flexibility index (Phi) is 2.72. The second-order valence-electron chi connectivity index (χ2n) is 3.57. The first-order valence-corrected chi connectivity index (χ1v) is 4.96. The number of nitrogens with one attached hydrogen (secondary N) is 3. The maximum Gasteiger partial charge on any atom is 0.255 e. The lowest BCUT2D eigenvalue weighted by Crippen LogP contribution is -2.24. The molecule has 16 heavy (non-hydrogen) atoms. The summed E-state index contributed by atoms with van der Waals surface area (Å²) in [7, 11) is 0. The van der Waals surface area contributed by atoms with Crippen molar-refractivity contribution in [2.24, 2.45) is 0 Å². The molecule has 1 amide bonds. The van der Waals surface area contributed by atoms with Gasteiger partial charge in [0.1, 0.15) is 0 Å². The number of rotatable bonds is 3. The van der Waals surface area contributed by atoms with E-state index in [0.717, 1.165) is 11.4 Å². The maximum absolute atomic E-state index is 11.8. The fraction of sp³-hybridized carbons (Fsp3) is 0.300. The van der Waals surface area contributed by atoms with E-state index in [1.807, 2.05) is 13.0 Å². The minimum atomic E-state index is -0.127. The molecule has 0 saturated heterocycles. The Morgan fingerprint density at radius 1 is 1.44 bits per heavy atom. The molecule has 6 heteroatoms. The van der Waals surface area contributed by atoms with Crippen LogP contribution in [0.25, 0.3) is 0 Å². The topological polar surface area (TPSA) is 86.5 Å². The number of aromatic amines is 2. The van der Waals surface area contributed by atoms with Gasteiger partial charge in [-0.3, -0.25) is 15.0 Å². The van der Waals surface area contributed by atoms with Gasteiger partial charge in [-0.15, -0.1) is 0 Å². The molecule has 6 nitrogen and oxygen atoms in total. The van der Waals surface area contributed by atoms with Crippen LogP contribution >= 0.6 is 0 Å². The number of hydrogen-bond acceptors (Lipinski definition) is 3. The van der Waals surface area contributed by atoms with E-state index in [4.69, 9.17) is 0 Å². The van der Waals surface area contributed by atoms with Crippen molar-refractivity contribution >= 4 is 5.91 Å². The van der Waals surface area contributed by atoms with Gasteiger partial charge >= 0.3 is 0 Å². The van der Waals surface area contributed by atoms with Gasteiger partial charge in [-0.05, 0) is 19.9 Å². The standard InChI is InChI=1S/C10H13N5O/c1-6-9(7(2)14-13-6)10(16)11-5-8-3-4-12-15-8/h3-4H,5H2,1-2H3,(H,11,16)(H,12,15)(H,13,14). The molecule has 2 rings (SSSR count). The van der Waals surface area contributed by atoms with Gasteiger partial charge in [-0.2, -0.15) is 10.2 Å². The van der Waals surface area contributed by atoms with Gasteiger partial charge in [0.25, 0.3) is 5.91 Å². The lowest BCUT2D eigenvalue weighted by atomic mass is 10.2. The molecular weight excluding hydrogens is 206 g/mol. The van der Waals surface area contributed by atoms with E-state index in [2.05, 4.69) is 25.7 Å². The van der Waals surface area contributed by atoms with Crippen molar-refractivity contribution in [3.63, 3.8) is 0 Å². The molecule has 0 aromatic carbocycles. The van der Waals surface area contributed by atoms with Crippen LogP contribution in [-0.4, -0.2) is 26.3 Å². The van der Waals surface area contributed by atoms with Crippen LogP contribution in [-0.2, 0) is 6.54 Å². The van der Waals surface area contributed by atoms with Crippen molar-refractivity contribution in [3.8, 4) is 0 Å². The van der Waals surface area contributed by atoms with Crippen molar-refractivity contribution in [1.82, 2.24) is 25.7 Å². The average molecular weight is 219 g/mol. The highest BCUT2D eigenvalue weighted by Crippen LogP contribution is 2.08. The van der Waals surface area contributed by atoms with Gasteiger partial charge in [-0.1, -0.05) is 0 Å². The lowest BCUT2D eigenvalue weighted by Gasteiger charge is -2.03. The number of nitrogens with zero attached hydrogens (tertiary/aromatic N) is 2. The Balaban J connectivity index is 2.04. The van der Waals surface area contributed by atoms with Crippen molar-refractivity contribution in [2.45, 2.75) is 20.4 Å². The number of carbonyl (C=O) groups is 1. The molecular formula is C10H13N5O. The molecule has 0 aliphatic heterocycles. The molecule has 0 saturated carbocycles. The Morgan fingerprint density at radius 2 is 2.25 bits per heavy atom. The van der Waals surface area contributed by atoms with Crippen LogP contribution in [0.2, 0.25) is 0 Å². The predicted octanol–water partition coefficient (Wildman–Crippen LogP) is 0.680. The average Bonchev–Trinajstić information content (AvgIpc) is 2.86. The molecule has 0 spiro atoms. The number of carbonyl (C=O) groups excluding carboxylic acids is 1. The molecule has 0 aliphatic rings. The second kappa shape index (κ2) is 4.18. The Labute approximate surface area is 92.5 Å². The molecule has 0 aliphatic carbocycles. The first-order valence-electron chi connectivity index (χ1n) is 4.96. The molecule has 0 bridgehead atoms. The van der Waals surface area contributed by atoms with Gasteiger partial charge < -0.3 is 5.32 Å². The van der Waals surface area contributed by atoms with Crippen LogP contribution < -0.4 is 5.32 Å². The number of aryl methyl sites for hydroxylation is 2. The third-order valence-electron chi connectivity index (χ3n) is 2.35. The summed E-state index contributed by atoms with van der Waals surface area (Å²) in [5, 5.41) is 16.1. The SMILES string of the molecule is Cc1n[nH]c(C)c1C(=O)NCc1ccn[nH]1. The van der Waals surface area contributed by atoms with Crippen molar-refractivity contribution in [2.75, 3.05) is 0 Å². The first kappa shape index (κ1) is 10.4. The zero-order valence-electron chi connectivity index (χ0n) is 9.16. The number of amides is 1. The second-order valence-corrected chi connectivity index (χ2v) is 3.57. The van der Waals surface area contributed by atoms with E-state index in [9.17, 15) is 4.79 Å². The lowest BCUT2D eigenvalue weighted by molar-refractivity contribution is 0.0949. The van der Waals surface area contributed by atoms with Gasteiger partial charge in [0.05, 0.1) is 23.5 Å². The van der Waals surface area contributed by atoms with Crippen LogP contribution in [0.1, 0.15) is 27.4 Å². The van der Waals surface area contributed by atoms with E-state index in [0.29, 0.717) is 17.8 Å². The zero-order chi connectivity index (χ0) is 11.5. The summed E-state index contributed by atoms with van der Waals surface area (Å²) >= 11 is 0. The van der Waals surface area contributed by atoms with E-state index >= 15 is 0 Å². The van der Waals surface area contributed by atoms with Crippen LogP contribution in [0.4, 0.5) is 0 Å². The minimum absolute atomic E-state index is 0.127. The quantitative estimate of drug-likeness (QED) is 0.709. The van der Waals surface area contributed by atoms with E-state index in [1.54, 1.807) is 13.1 Å². The molecule has 2 heterocycles. The summed E-state index contributed by atoms with van der Waals surface area (Å²) in [5.41, 5.74) is 2.96. The Hall–Kier alpha value is -2.11. The van der Waals surface area contributed by atoms with Crippen LogP contribution in [0.3, 0.4) is 0 Å². The zero-order valence-corrected chi connectivity index (χ0v) is 9.16. The highest BCUT2D eigenvalue weighted by Gasteiger charge is 2.14. The van der Waals surface area contributed by atoms with E-state index < -0.39 is 0 Å². The van der Waals surface area contributed by atoms with Gasteiger partial charge in [0.15, 0.2) is 0 Å². The smallest absolute Gasteiger partial charge is 0.255 e. The van der Waals surface area contributed by atoms with Crippen molar-refractivity contribution < 1.29 is 4.79 Å². The van der Waals surface area contributed by atoms with Crippen molar-refractivity contribution in [3.05, 3.63) is 34.9 Å². The van der Waals surface area contributed by atoms with Crippen LogP contribution in [0, 0.1) is 13.8 Å². The molecule has 0 unspecified atom stereocenters. The Bertz CT molecular complexity index is 466. The summed E-state index contributed by atoms with van der Waals surface area (Å²) in [5.74, 6) is -0.127. The van der Waals surface area contributed by atoms with Crippen LogP contribution in [0.15, 0.2) is 12.3 Å². The monoisotopic (exact) mass is 219 g/mol. The summed E-state index contributed by atoms with van der Waals surface area (Å²) in [4.78, 5) is 11.8. The van der Waals surface area contributed by atoms with Crippen LogP contribution in [0.5, 0.6) is 0 Å². The third kappa shape index (κ3) is 1.95. The number of hydrogen-bond donors (Lipinski definition) is 3. The minimum Gasteiger partial charge on any atom is -0.346 e. The summed E-state index contributed by atoms with van der Waals surface area (Å²) < 4.78 is 0. The predicted molar refractivity (Wildman–Crippen MR) is 57.8 cm³/mol. The summed E-state index contributed by atoms with van der Waals surface area (Å²) in [6.07, 6.45) is 1.65. The van der Waals surface area contributed by atoms with Gasteiger partial charge in [-0.25, -0.2) is 0 Å². The molecule has 0 atom stereocenters. The number of H-pyrrole nitrogens is 2. The highest BCUT2D eigenvalue weighted by molar-refractivity contribution is 5.96. The first-order chi connectivity index (χ1) is 7.68. The molecule has 2 aromatic rings. The largest absolute Gasteiger partial charge is 0.346 e. The van der Waals surface area contributed by atoms with Gasteiger partial charge in [0.2, 0.25) is 0 Å². The van der Waals surface area contributed by atoms with E-state index in [1.165, 1.54) is 0 Å². The fourth-order valence-corrected chi connectivity index (χ4v) is 1.53. The molecule has 0 radical (unpaired) electrons.